The van der Waals surface area contributed by atoms with Crippen molar-refractivity contribution < 1.29 is 23.8 Å². The van der Waals surface area contributed by atoms with E-state index in [1.807, 2.05) is 31.2 Å². The van der Waals surface area contributed by atoms with Crippen molar-refractivity contribution >= 4 is 18.0 Å². The molecule has 0 atom stereocenters. The zero-order valence-corrected chi connectivity index (χ0v) is 18.5. The normalized spacial score (nSPS) is 11.4. The second-order valence-corrected chi connectivity index (χ2v) is 7.98. The third kappa shape index (κ3) is 7.00. The van der Waals surface area contributed by atoms with Crippen LogP contribution in [0.4, 0.5) is 0 Å². The minimum absolute atomic E-state index is 0.136. The zero-order chi connectivity index (χ0) is 23.0. The number of ether oxygens (including phenoxy) is 3. The minimum atomic E-state index is -0.700. The van der Waals surface area contributed by atoms with Crippen LogP contribution >= 0.6 is 0 Å². The highest BCUT2D eigenvalue weighted by molar-refractivity contribution is 5.97. The molecule has 6 heteroatoms. The number of nitriles is 1. The Morgan fingerprint density at radius 2 is 1.87 bits per heavy atom. The van der Waals surface area contributed by atoms with Crippen LogP contribution < -0.4 is 9.47 Å². The Labute approximate surface area is 183 Å². The van der Waals surface area contributed by atoms with Crippen molar-refractivity contribution in [2.24, 2.45) is 0 Å². The van der Waals surface area contributed by atoms with Gasteiger partial charge in [0.15, 0.2) is 6.61 Å². The summed E-state index contributed by atoms with van der Waals surface area (Å²) in [5, 5.41) is 9.15. The molecule has 0 aliphatic rings. The van der Waals surface area contributed by atoms with Gasteiger partial charge in [0, 0.05) is 0 Å². The summed E-state index contributed by atoms with van der Waals surface area (Å²) in [6.45, 7) is 9.84. The number of aryl methyl sites for hydroxylation is 1. The van der Waals surface area contributed by atoms with Crippen LogP contribution in [0.1, 0.15) is 44.4 Å². The number of nitrogens with zero attached hydrogens (tertiary/aromatic N) is 1. The van der Waals surface area contributed by atoms with E-state index in [-0.39, 0.29) is 30.0 Å². The van der Waals surface area contributed by atoms with Gasteiger partial charge in [-0.3, -0.25) is 0 Å². The summed E-state index contributed by atoms with van der Waals surface area (Å²) in [6, 6.07) is 14.2. The molecule has 0 saturated carbocycles. The molecule has 0 heterocycles. The molecule has 0 aliphatic carbocycles. The molecule has 0 N–H and O–H groups in total. The molecule has 2 rings (SSSR count). The molecule has 0 amide bonds. The fraction of sp³-hybridized carbons (Fsp3) is 0.320. The van der Waals surface area contributed by atoms with Gasteiger partial charge in [-0.1, -0.05) is 50.6 Å². The number of benzene rings is 2. The lowest BCUT2D eigenvalue weighted by atomic mass is 9.85. The molecular weight excluding hydrogens is 394 g/mol. The summed E-state index contributed by atoms with van der Waals surface area (Å²) < 4.78 is 15.9. The topological polar surface area (TPSA) is 85.6 Å². The summed E-state index contributed by atoms with van der Waals surface area (Å²) in [5.74, 6) is -0.343. The second-order valence-electron chi connectivity index (χ2n) is 7.98. The number of carbonyl (C=O) groups is 2. The van der Waals surface area contributed by atoms with E-state index in [9.17, 15) is 9.59 Å². The lowest BCUT2D eigenvalue weighted by molar-refractivity contribution is -0.138. The van der Waals surface area contributed by atoms with Gasteiger partial charge < -0.3 is 14.2 Å². The molecule has 162 valence electrons. The molecule has 0 fully saturated rings. The molecule has 6 nitrogen and oxygen atoms in total. The van der Waals surface area contributed by atoms with E-state index >= 15 is 0 Å². The summed E-state index contributed by atoms with van der Waals surface area (Å²) in [5.41, 5.74) is 2.38. The summed E-state index contributed by atoms with van der Waals surface area (Å²) in [7, 11) is 0. The molecule has 31 heavy (non-hydrogen) atoms. The monoisotopic (exact) mass is 421 g/mol. The van der Waals surface area contributed by atoms with Crippen LogP contribution in [0.25, 0.3) is 6.08 Å². The fourth-order valence-corrected chi connectivity index (χ4v) is 2.83. The van der Waals surface area contributed by atoms with Crippen LogP contribution in [0.3, 0.4) is 0 Å². The van der Waals surface area contributed by atoms with Gasteiger partial charge in [-0.05, 0) is 54.7 Å². The molecule has 0 unspecified atom stereocenters. The van der Waals surface area contributed by atoms with E-state index in [1.165, 1.54) is 6.08 Å². The largest absolute Gasteiger partial charge is 0.482 e. The van der Waals surface area contributed by atoms with E-state index in [2.05, 4.69) is 20.8 Å². The average molecular weight is 421 g/mol. The molecule has 0 saturated heterocycles. The van der Waals surface area contributed by atoms with E-state index in [0.717, 1.165) is 11.1 Å². The number of hydrogen-bond donors (Lipinski definition) is 0. The van der Waals surface area contributed by atoms with Crippen LogP contribution in [0.15, 0.2) is 48.0 Å². The Hall–Kier alpha value is -3.59. The van der Waals surface area contributed by atoms with Crippen molar-refractivity contribution in [3.8, 4) is 17.6 Å². The first-order valence-corrected chi connectivity index (χ1v) is 9.97. The Balaban J connectivity index is 2.09. The summed E-state index contributed by atoms with van der Waals surface area (Å²) >= 11 is 0. The third-order valence-corrected chi connectivity index (χ3v) is 4.31. The van der Waals surface area contributed by atoms with Crippen LogP contribution in [-0.4, -0.2) is 25.2 Å². The van der Waals surface area contributed by atoms with Crippen LogP contribution in [0, 0.1) is 18.3 Å². The molecule has 0 radical (unpaired) electrons. The smallest absolute Gasteiger partial charge is 0.349 e. The van der Waals surface area contributed by atoms with Gasteiger partial charge in [-0.15, -0.1) is 0 Å². The second kappa shape index (κ2) is 10.4. The zero-order valence-electron chi connectivity index (χ0n) is 18.5. The van der Waals surface area contributed by atoms with Crippen molar-refractivity contribution in [1.29, 1.82) is 5.26 Å². The van der Waals surface area contributed by atoms with Gasteiger partial charge in [0.1, 0.15) is 23.1 Å². The van der Waals surface area contributed by atoms with Crippen molar-refractivity contribution in [3.63, 3.8) is 0 Å². The predicted octanol–water partition coefficient (Wildman–Crippen LogP) is 4.75. The number of carbonyl (C=O) groups excluding carboxylic acids is 2. The molecule has 0 aliphatic heterocycles. The summed E-state index contributed by atoms with van der Waals surface area (Å²) in [4.78, 5) is 24.1. The fourth-order valence-electron chi connectivity index (χ4n) is 2.83. The lowest BCUT2D eigenvalue weighted by Gasteiger charge is -2.23. The Morgan fingerprint density at radius 1 is 1.13 bits per heavy atom. The lowest BCUT2D eigenvalue weighted by Crippen LogP contribution is -2.20. The van der Waals surface area contributed by atoms with Crippen molar-refractivity contribution in [3.05, 3.63) is 64.7 Å². The van der Waals surface area contributed by atoms with E-state index < -0.39 is 11.9 Å². The van der Waals surface area contributed by atoms with E-state index in [4.69, 9.17) is 19.5 Å². The SMILES string of the molecule is CCOC(=O)/C(C#N)=C/c1cccc(OC(=O)COc2ccc(C)cc2C(C)(C)C)c1. The van der Waals surface area contributed by atoms with Crippen LogP contribution in [-0.2, 0) is 19.7 Å². The first-order valence-electron chi connectivity index (χ1n) is 9.97. The molecule has 2 aromatic rings. The Kier molecular flexibility index (Phi) is 7.98. The predicted molar refractivity (Wildman–Crippen MR) is 118 cm³/mol. The number of esters is 2. The highest BCUT2D eigenvalue weighted by Crippen LogP contribution is 2.32. The van der Waals surface area contributed by atoms with E-state index in [1.54, 1.807) is 31.2 Å². The van der Waals surface area contributed by atoms with Crippen molar-refractivity contribution in [1.82, 2.24) is 0 Å². The standard InChI is InChI=1S/C25H27NO5/c1-6-29-24(28)19(15-26)13-18-8-7-9-20(14-18)31-23(27)16-30-22-11-10-17(2)12-21(22)25(3,4)5/h7-14H,6,16H2,1-5H3/b19-13+. The molecule has 0 aromatic heterocycles. The maximum atomic E-state index is 12.3. The van der Waals surface area contributed by atoms with Crippen molar-refractivity contribution in [2.75, 3.05) is 13.2 Å². The maximum Gasteiger partial charge on any atom is 0.349 e. The van der Waals surface area contributed by atoms with Gasteiger partial charge in [0.05, 0.1) is 6.61 Å². The average Bonchev–Trinajstić information content (AvgIpc) is 2.70. The Bertz CT molecular complexity index is 1020. The third-order valence-electron chi connectivity index (χ3n) is 4.31. The highest BCUT2D eigenvalue weighted by atomic mass is 16.6. The molecule has 0 bridgehead atoms. The number of hydrogen-bond acceptors (Lipinski definition) is 6. The summed E-state index contributed by atoms with van der Waals surface area (Å²) in [6.07, 6.45) is 1.38. The number of rotatable bonds is 7. The van der Waals surface area contributed by atoms with Gasteiger partial charge >= 0.3 is 11.9 Å². The quantitative estimate of drug-likeness (QED) is 0.278. The molecule has 2 aromatic carbocycles. The van der Waals surface area contributed by atoms with Gasteiger partial charge in [-0.25, -0.2) is 9.59 Å². The highest BCUT2D eigenvalue weighted by Gasteiger charge is 2.20. The minimum Gasteiger partial charge on any atom is -0.482 e. The van der Waals surface area contributed by atoms with E-state index in [0.29, 0.717) is 11.3 Å². The maximum absolute atomic E-state index is 12.3. The van der Waals surface area contributed by atoms with Gasteiger partial charge in [0.25, 0.3) is 0 Å². The molecule has 0 spiro atoms. The van der Waals surface area contributed by atoms with Gasteiger partial charge in [0.2, 0.25) is 0 Å². The first-order chi connectivity index (χ1) is 14.6. The molecular formula is C25H27NO5. The Morgan fingerprint density at radius 3 is 2.52 bits per heavy atom. The van der Waals surface area contributed by atoms with Crippen LogP contribution in [0.2, 0.25) is 0 Å². The first kappa shape index (κ1) is 23.7. The van der Waals surface area contributed by atoms with Gasteiger partial charge in [-0.2, -0.15) is 5.26 Å². The van der Waals surface area contributed by atoms with Crippen LogP contribution in [0.5, 0.6) is 11.5 Å². The van der Waals surface area contributed by atoms with Crippen molar-refractivity contribution in [2.45, 2.75) is 40.0 Å².